The highest BCUT2D eigenvalue weighted by Crippen LogP contribution is 2.23. The monoisotopic (exact) mass is 346 g/mol. The SMILES string of the molecule is CC(=O)O[C@@H](C)C(=O)N(C)C[C@@H]1CN(C(=O)OC(C)(C)C)CC1F. The summed E-state index contributed by atoms with van der Waals surface area (Å²) in [6.07, 6.45) is -2.72. The summed E-state index contributed by atoms with van der Waals surface area (Å²) >= 11 is 0. The Morgan fingerprint density at radius 3 is 2.38 bits per heavy atom. The van der Waals surface area contributed by atoms with Gasteiger partial charge in [0, 0.05) is 33.0 Å². The van der Waals surface area contributed by atoms with Crippen LogP contribution in [0.4, 0.5) is 9.18 Å². The Balaban J connectivity index is 2.58. The third kappa shape index (κ3) is 5.98. The lowest BCUT2D eigenvalue weighted by atomic mass is 10.1. The van der Waals surface area contributed by atoms with Crippen LogP contribution in [0.5, 0.6) is 0 Å². The van der Waals surface area contributed by atoms with Gasteiger partial charge in [-0.2, -0.15) is 0 Å². The Morgan fingerprint density at radius 1 is 1.29 bits per heavy atom. The number of esters is 1. The average molecular weight is 346 g/mol. The summed E-state index contributed by atoms with van der Waals surface area (Å²) in [6.45, 7) is 8.17. The summed E-state index contributed by atoms with van der Waals surface area (Å²) in [7, 11) is 1.52. The van der Waals surface area contributed by atoms with E-state index in [1.54, 1.807) is 20.8 Å². The smallest absolute Gasteiger partial charge is 0.410 e. The lowest BCUT2D eigenvalue weighted by Gasteiger charge is -2.25. The third-order valence-electron chi connectivity index (χ3n) is 3.59. The molecule has 138 valence electrons. The van der Waals surface area contributed by atoms with Gasteiger partial charge in [-0.3, -0.25) is 9.59 Å². The Labute approximate surface area is 142 Å². The van der Waals surface area contributed by atoms with Crippen LogP contribution in [0.2, 0.25) is 0 Å². The second-order valence-corrected chi connectivity index (χ2v) is 7.13. The number of ether oxygens (including phenoxy) is 2. The van der Waals surface area contributed by atoms with Crippen LogP contribution in [0.1, 0.15) is 34.6 Å². The number of carbonyl (C=O) groups is 3. The molecule has 1 rings (SSSR count). The average Bonchev–Trinajstić information content (AvgIpc) is 2.76. The lowest BCUT2D eigenvalue weighted by Crippen LogP contribution is -2.41. The first-order valence-electron chi connectivity index (χ1n) is 7.95. The fourth-order valence-corrected chi connectivity index (χ4v) is 2.53. The van der Waals surface area contributed by atoms with Crippen molar-refractivity contribution >= 4 is 18.0 Å². The number of carbonyl (C=O) groups excluding carboxylic acids is 3. The van der Waals surface area contributed by atoms with Crippen LogP contribution in [0.25, 0.3) is 0 Å². The quantitative estimate of drug-likeness (QED) is 0.723. The first-order chi connectivity index (χ1) is 10.9. The topological polar surface area (TPSA) is 76.2 Å². The minimum atomic E-state index is -1.24. The maximum atomic E-state index is 14.2. The first-order valence-corrected chi connectivity index (χ1v) is 7.95. The number of hydrogen-bond acceptors (Lipinski definition) is 5. The van der Waals surface area contributed by atoms with E-state index in [0.717, 1.165) is 0 Å². The van der Waals surface area contributed by atoms with Gasteiger partial charge in [0.15, 0.2) is 6.10 Å². The lowest BCUT2D eigenvalue weighted by molar-refractivity contribution is -0.157. The van der Waals surface area contributed by atoms with Crippen molar-refractivity contribution in [2.45, 2.75) is 52.5 Å². The molecular formula is C16H27FN2O5. The van der Waals surface area contributed by atoms with E-state index in [-0.39, 0.29) is 19.6 Å². The van der Waals surface area contributed by atoms with Crippen molar-refractivity contribution in [3.05, 3.63) is 0 Å². The van der Waals surface area contributed by atoms with Crippen molar-refractivity contribution in [3.63, 3.8) is 0 Å². The van der Waals surface area contributed by atoms with E-state index in [4.69, 9.17) is 9.47 Å². The van der Waals surface area contributed by atoms with E-state index in [1.807, 2.05) is 0 Å². The molecule has 8 heteroatoms. The van der Waals surface area contributed by atoms with Crippen molar-refractivity contribution in [1.29, 1.82) is 0 Å². The molecule has 1 aliphatic heterocycles. The van der Waals surface area contributed by atoms with Crippen LogP contribution in [0.3, 0.4) is 0 Å². The van der Waals surface area contributed by atoms with Gasteiger partial charge in [-0.25, -0.2) is 9.18 Å². The van der Waals surface area contributed by atoms with E-state index in [2.05, 4.69) is 0 Å². The van der Waals surface area contributed by atoms with E-state index < -0.39 is 41.8 Å². The summed E-state index contributed by atoms with van der Waals surface area (Å²) in [4.78, 5) is 37.6. The van der Waals surface area contributed by atoms with Crippen molar-refractivity contribution in [1.82, 2.24) is 9.80 Å². The highest BCUT2D eigenvalue weighted by molar-refractivity contribution is 5.82. The molecule has 1 saturated heterocycles. The standard InChI is InChI=1S/C16H27FN2O5/c1-10(23-11(2)20)14(21)18(6)7-12-8-19(9-13(12)17)15(22)24-16(3,4)5/h10,12-13H,7-9H2,1-6H3/t10-,12+,13?/m0/s1. The van der Waals surface area contributed by atoms with Crippen molar-refractivity contribution < 1.29 is 28.2 Å². The molecule has 0 aromatic carbocycles. The number of likely N-dealkylation sites (tertiary alicyclic amines) is 1. The number of rotatable bonds is 4. The van der Waals surface area contributed by atoms with Gasteiger partial charge in [0.1, 0.15) is 11.8 Å². The minimum Gasteiger partial charge on any atom is -0.453 e. The molecule has 1 aliphatic rings. The molecule has 0 spiro atoms. The van der Waals surface area contributed by atoms with Crippen LogP contribution >= 0.6 is 0 Å². The fourth-order valence-electron chi connectivity index (χ4n) is 2.53. The molecule has 1 heterocycles. The summed E-state index contributed by atoms with van der Waals surface area (Å²) in [5.74, 6) is -1.46. The zero-order chi connectivity index (χ0) is 18.7. The molecule has 1 unspecified atom stereocenters. The van der Waals surface area contributed by atoms with Crippen molar-refractivity contribution in [2.75, 3.05) is 26.7 Å². The number of likely N-dealkylation sites (N-methyl/N-ethyl adjacent to an activating group) is 1. The second-order valence-electron chi connectivity index (χ2n) is 7.13. The molecule has 0 N–H and O–H groups in total. The molecule has 1 fully saturated rings. The van der Waals surface area contributed by atoms with Gasteiger partial charge in [0.25, 0.3) is 5.91 Å². The van der Waals surface area contributed by atoms with Gasteiger partial charge in [0.2, 0.25) is 0 Å². The summed E-state index contributed by atoms with van der Waals surface area (Å²) < 4.78 is 24.3. The van der Waals surface area contributed by atoms with Gasteiger partial charge in [-0.1, -0.05) is 0 Å². The number of halogens is 1. The number of alkyl halides is 1. The molecule has 3 atom stereocenters. The number of nitrogens with zero attached hydrogens (tertiary/aromatic N) is 2. The van der Waals surface area contributed by atoms with Gasteiger partial charge >= 0.3 is 12.1 Å². The summed E-state index contributed by atoms with van der Waals surface area (Å²) in [5, 5.41) is 0. The molecule has 2 amide bonds. The van der Waals surface area contributed by atoms with E-state index in [0.29, 0.717) is 0 Å². The van der Waals surface area contributed by atoms with Crippen LogP contribution < -0.4 is 0 Å². The summed E-state index contributed by atoms with van der Waals surface area (Å²) in [6, 6.07) is 0. The molecule has 0 aliphatic carbocycles. The van der Waals surface area contributed by atoms with Crippen LogP contribution in [0.15, 0.2) is 0 Å². The Morgan fingerprint density at radius 2 is 1.88 bits per heavy atom. The van der Waals surface area contributed by atoms with Gasteiger partial charge in [-0.05, 0) is 27.7 Å². The first kappa shape index (κ1) is 20.2. The predicted octanol–water partition coefficient (Wildman–Crippen LogP) is 1.60. The Kier molecular flexibility index (Phi) is 6.57. The highest BCUT2D eigenvalue weighted by atomic mass is 19.1. The highest BCUT2D eigenvalue weighted by Gasteiger charge is 2.38. The maximum absolute atomic E-state index is 14.2. The molecule has 0 bridgehead atoms. The van der Waals surface area contributed by atoms with Crippen molar-refractivity contribution in [3.8, 4) is 0 Å². The molecule has 7 nitrogen and oxygen atoms in total. The fraction of sp³-hybridized carbons (Fsp3) is 0.812. The third-order valence-corrected chi connectivity index (χ3v) is 3.59. The molecular weight excluding hydrogens is 319 g/mol. The predicted molar refractivity (Wildman–Crippen MR) is 85.1 cm³/mol. The number of amides is 2. The summed E-state index contributed by atoms with van der Waals surface area (Å²) in [5.41, 5.74) is -0.646. The minimum absolute atomic E-state index is 0.0545. The van der Waals surface area contributed by atoms with Crippen LogP contribution in [0, 0.1) is 5.92 Å². The largest absolute Gasteiger partial charge is 0.453 e. The van der Waals surface area contributed by atoms with Gasteiger partial charge < -0.3 is 19.3 Å². The molecule has 0 saturated carbocycles. The van der Waals surface area contributed by atoms with Crippen molar-refractivity contribution in [2.24, 2.45) is 5.92 Å². The second kappa shape index (κ2) is 7.81. The molecule has 0 radical (unpaired) electrons. The zero-order valence-electron chi connectivity index (χ0n) is 15.2. The molecule has 24 heavy (non-hydrogen) atoms. The normalized spacial score (nSPS) is 22.0. The van der Waals surface area contributed by atoms with E-state index >= 15 is 0 Å². The van der Waals surface area contributed by atoms with Crippen LogP contribution in [-0.2, 0) is 19.1 Å². The van der Waals surface area contributed by atoms with Crippen LogP contribution in [-0.4, -0.2) is 72.3 Å². The molecule has 0 aromatic heterocycles. The van der Waals surface area contributed by atoms with Gasteiger partial charge in [0.05, 0.1) is 6.54 Å². The van der Waals surface area contributed by atoms with E-state index in [1.165, 1.54) is 30.7 Å². The Hall–Kier alpha value is -1.86. The zero-order valence-corrected chi connectivity index (χ0v) is 15.2. The maximum Gasteiger partial charge on any atom is 0.410 e. The molecule has 0 aromatic rings. The van der Waals surface area contributed by atoms with Gasteiger partial charge in [-0.15, -0.1) is 0 Å². The van der Waals surface area contributed by atoms with E-state index in [9.17, 15) is 18.8 Å². The number of hydrogen-bond donors (Lipinski definition) is 0. The Bertz CT molecular complexity index is 491.